The van der Waals surface area contributed by atoms with E-state index in [-0.39, 0.29) is 12.4 Å². The van der Waals surface area contributed by atoms with Crippen LogP contribution in [0.25, 0.3) is 0 Å². The summed E-state index contributed by atoms with van der Waals surface area (Å²) in [6.07, 6.45) is 3.90. The highest BCUT2D eigenvalue weighted by atomic mass is 35.5. The third kappa shape index (κ3) is 4.09. The first-order valence-electron chi connectivity index (χ1n) is 6.97. The number of ether oxygens (including phenoxy) is 1. The van der Waals surface area contributed by atoms with Gasteiger partial charge in [0, 0.05) is 20.2 Å². The van der Waals surface area contributed by atoms with Crippen molar-refractivity contribution in [2.75, 3.05) is 46.4 Å². The van der Waals surface area contributed by atoms with E-state index in [4.69, 9.17) is 4.74 Å². The summed E-state index contributed by atoms with van der Waals surface area (Å²) in [4.78, 5) is 2.66. The molecule has 0 saturated carbocycles. The second-order valence-corrected chi connectivity index (χ2v) is 6.76. The van der Waals surface area contributed by atoms with Crippen LogP contribution in [0.3, 0.4) is 0 Å². The number of nitrogens with zero attached hydrogens (tertiary/aromatic N) is 1. The minimum Gasteiger partial charge on any atom is -0.384 e. The molecule has 18 heavy (non-hydrogen) atoms. The van der Waals surface area contributed by atoms with Crippen LogP contribution < -0.4 is 5.32 Å². The summed E-state index contributed by atoms with van der Waals surface area (Å²) in [5.74, 6) is 0. The standard InChI is InChI=1S/C14H28N2O.ClH/c1-13(12-17-3)5-8-16(9-6-13)11-14(2)4-7-15-10-14;/h15H,4-12H2,1-3H3;1H. The molecule has 0 aromatic carbocycles. The smallest absolute Gasteiger partial charge is 0.0516 e. The van der Waals surface area contributed by atoms with Crippen LogP contribution in [-0.2, 0) is 4.74 Å². The monoisotopic (exact) mass is 276 g/mol. The van der Waals surface area contributed by atoms with E-state index in [1.807, 2.05) is 7.11 Å². The molecule has 0 spiro atoms. The minimum atomic E-state index is 0. The molecule has 2 saturated heterocycles. The Morgan fingerprint density at radius 1 is 1.11 bits per heavy atom. The Labute approximate surface area is 118 Å². The van der Waals surface area contributed by atoms with Gasteiger partial charge in [0.25, 0.3) is 0 Å². The lowest BCUT2D eigenvalue weighted by Crippen LogP contribution is -2.45. The molecule has 1 atom stereocenters. The van der Waals surface area contributed by atoms with Gasteiger partial charge in [-0.2, -0.15) is 0 Å². The van der Waals surface area contributed by atoms with E-state index in [2.05, 4.69) is 24.1 Å². The predicted octanol–water partition coefficient (Wildman–Crippen LogP) is 2.16. The Bertz CT molecular complexity index is 246. The minimum absolute atomic E-state index is 0. The van der Waals surface area contributed by atoms with E-state index in [0.717, 1.165) is 6.61 Å². The van der Waals surface area contributed by atoms with Gasteiger partial charge in [0.1, 0.15) is 0 Å². The molecule has 2 heterocycles. The van der Waals surface area contributed by atoms with Gasteiger partial charge in [-0.05, 0) is 49.7 Å². The van der Waals surface area contributed by atoms with Crippen molar-refractivity contribution in [1.29, 1.82) is 0 Å². The number of piperidine rings is 1. The Balaban J connectivity index is 0.00000162. The summed E-state index contributed by atoms with van der Waals surface area (Å²) in [7, 11) is 1.82. The van der Waals surface area contributed by atoms with Crippen LogP contribution in [-0.4, -0.2) is 51.3 Å². The molecule has 1 N–H and O–H groups in total. The summed E-state index contributed by atoms with van der Waals surface area (Å²) in [5, 5.41) is 3.49. The van der Waals surface area contributed by atoms with E-state index in [1.54, 1.807) is 0 Å². The summed E-state index contributed by atoms with van der Waals surface area (Å²) in [5.41, 5.74) is 0.926. The van der Waals surface area contributed by atoms with Gasteiger partial charge < -0.3 is 15.0 Å². The van der Waals surface area contributed by atoms with Crippen LogP contribution in [0.15, 0.2) is 0 Å². The van der Waals surface area contributed by atoms with Crippen LogP contribution in [0.4, 0.5) is 0 Å². The van der Waals surface area contributed by atoms with Gasteiger partial charge in [0.05, 0.1) is 6.61 Å². The highest BCUT2D eigenvalue weighted by Crippen LogP contribution is 2.33. The van der Waals surface area contributed by atoms with Crippen molar-refractivity contribution in [3.05, 3.63) is 0 Å². The van der Waals surface area contributed by atoms with Crippen molar-refractivity contribution in [2.45, 2.75) is 33.1 Å². The zero-order valence-electron chi connectivity index (χ0n) is 12.1. The van der Waals surface area contributed by atoms with E-state index in [9.17, 15) is 0 Å². The average Bonchev–Trinajstić information content (AvgIpc) is 2.69. The number of hydrogen-bond acceptors (Lipinski definition) is 3. The molecular weight excluding hydrogens is 248 g/mol. The molecule has 0 aromatic heterocycles. The van der Waals surface area contributed by atoms with Crippen molar-refractivity contribution < 1.29 is 4.74 Å². The van der Waals surface area contributed by atoms with Crippen molar-refractivity contribution in [1.82, 2.24) is 10.2 Å². The van der Waals surface area contributed by atoms with Crippen molar-refractivity contribution in [2.24, 2.45) is 10.8 Å². The van der Waals surface area contributed by atoms with Crippen LogP contribution in [0.2, 0.25) is 0 Å². The number of halogens is 1. The Kier molecular flexibility index (Phi) is 5.91. The highest BCUT2D eigenvalue weighted by Gasteiger charge is 2.35. The van der Waals surface area contributed by atoms with E-state index in [1.165, 1.54) is 52.0 Å². The van der Waals surface area contributed by atoms with E-state index >= 15 is 0 Å². The fourth-order valence-electron chi connectivity index (χ4n) is 3.29. The number of likely N-dealkylation sites (tertiary alicyclic amines) is 1. The van der Waals surface area contributed by atoms with Gasteiger partial charge in [-0.15, -0.1) is 12.4 Å². The molecule has 4 heteroatoms. The van der Waals surface area contributed by atoms with Gasteiger partial charge in [-0.3, -0.25) is 0 Å². The third-order valence-corrected chi connectivity index (χ3v) is 4.62. The zero-order valence-corrected chi connectivity index (χ0v) is 12.9. The van der Waals surface area contributed by atoms with Crippen molar-refractivity contribution >= 4 is 12.4 Å². The number of rotatable bonds is 4. The predicted molar refractivity (Wildman–Crippen MR) is 78.5 cm³/mol. The molecule has 1 unspecified atom stereocenters. The van der Waals surface area contributed by atoms with Crippen LogP contribution in [0.5, 0.6) is 0 Å². The summed E-state index contributed by atoms with van der Waals surface area (Å²) < 4.78 is 5.34. The first-order chi connectivity index (χ1) is 8.05. The maximum Gasteiger partial charge on any atom is 0.0516 e. The second-order valence-electron chi connectivity index (χ2n) is 6.76. The Morgan fingerprint density at radius 3 is 2.28 bits per heavy atom. The lowest BCUT2D eigenvalue weighted by molar-refractivity contribution is 0.0239. The molecule has 2 aliphatic heterocycles. The lowest BCUT2D eigenvalue weighted by atomic mass is 9.80. The number of nitrogens with one attached hydrogen (secondary N) is 1. The molecule has 0 amide bonds. The molecule has 2 rings (SSSR count). The fraction of sp³-hybridized carbons (Fsp3) is 1.00. The summed E-state index contributed by atoms with van der Waals surface area (Å²) in [6.45, 7) is 11.9. The van der Waals surface area contributed by atoms with Crippen molar-refractivity contribution in [3.8, 4) is 0 Å². The molecule has 2 fully saturated rings. The molecule has 0 bridgehead atoms. The van der Waals surface area contributed by atoms with Gasteiger partial charge >= 0.3 is 0 Å². The summed E-state index contributed by atoms with van der Waals surface area (Å²) >= 11 is 0. The maximum absolute atomic E-state index is 5.34. The number of methoxy groups -OCH3 is 1. The molecule has 108 valence electrons. The Hall–Kier alpha value is 0.170. The topological polar surface area (TPSA) is 24.5 Å². The SMILES string of the molecule is COCC1(C)CCN(CC2(C)CCNC2)CC1.Cl. The van der Waals surface area contributed by atoms with Gasteiger partial charge in [0.15, 0.2) is 0 Å². The molecule has 0 aliphatic carbocycles. The van der Waals surface area contributed by atoms with Crippen LogP contribution in [0.1, 0.15) is 33.1 Å². The first-order valence-corrected chi connectivity index (χ1v) is 6.97. The van der Waals surface area contributed by atoms with Gasteiger partial charge in [-0.25, -0.2) is 0 Å². The van der Waals surface area contributed by atoms with Gasteiger partial charge in [0.2, 0.25) is 0 Å². The van der Waals surface area contributed by atoms with E-state index in [0.29, 0.717) is 10.8 Å². The lowest BCUT2D eigenvalue weighted by Gasteiger charge is -2.41. The van der Waals surface area contributed by atoms with E-state index < -0.39 is 0 Å². The van der Waals surface area contributed by atoms with Gasteiger partial charge in [-0.1, -0.05) is 13.8 Å². The largest absolute Gasteiger partial charge is 0.384 e. The fourth-order valence-corrected chi connectivity index (χ4v) is 3.29. The molecule has 3 nitrogen and oxygen atoms in total. The average molecular weight is 277 g/mol. The normalized spacial score (nSPS) is 32.2. The molecule has 0 aromatic rings. The molecular formula is C14H29ClN2O. The third-order valence-electron chi connectivity index (χ3n) is 4.62. The molecule has 2 aliphatic rings. The highest BCUT2D eigenvalue weighted by molar-refractivity contribution is 5.85. The van der Waals surface area contributed by atoms with Crippen molar-refractivity contribution in [3.63, 3.8) is 0 Å². The maximum atomic E-state index is 5.34. The molecule has 0 radical (unpaired) electrons. The second kappa shape index (κ2) is 6.56. The first kappa shape index (κ1) is 16.2. The van der Waals surface area contributed by atoms with Crippen LogP contribution in [0, 0.1) is 10.8 Å². The quantitative estimate of drug-likeness (QED) is 0.852. The zero-order chi connectivity index (χ0) is 12.4. The Morgan fingerprint density at radius 2 is 1.78 bits per heavy atom. The number of hydrogen-bond donors (Lipinski definition) is 1. The van der Waals surface area contributed by atoms with Crippen LogP contribution >= 0.6 is 12.4 Å². The summed E-state index contributed by atoms with van der Waals surface area (Å²) in [6, 6.07) is 0.